The standard InChI is InChI=1S/C18H14Cl2O2/c19-16-6-3-7-17(20)15(16)11-22-18-9-8-12-4-1-2-5-13(12)14(18)10-21/h1-9,21H,10-11H2. The molecule has 0 aliphatic heterocycles. The lowest BCUT2D eigenvalue weighted by Crippen LogP contribution is -2.01. The molecule has 0 fully saturated rings. The predicted molar refractivity (Wildman–Crippen MR) is 90.7 cm³/mol. The summed E-state index contributed by atoms with van der Waals surface area (Å²) >= 11 is 12.3. The number of rotatable bonds is 4. The highest BCUT2D eigenvalue weighted by atomic mass is 35.5. The molecule has 3 rings (SSSR count). The summed E-state index contributed by atoms with van der Waals surface area (Å²) in [4.78, 5) is 0. The van der Waals surface area contributed by atoms with Gasteiger partial charge in [0.05, 0.1) is 6.61 Å². The maximum Gasteiger partial charge on any atom is 0.125 e. The Bertz CT molecular complexity index is 795. The largest absolute Gasteiger partial charge is 0.488 e. The van der Waals surface area contributed by atoms with Gasteiger partial charge >= 0.3 is 0 Å². The van der Waals surface area contributed by atoms with Gasteiger partial charge in [-0.15, -0.1) is 0 Å². The number of aliphatic hydroxyl groups excluding tert-OH is 1. The molecule has 4 heteroatoms. The highest BCUT2D eigenvalue weighted by Crippen LogP contribution is 2.30. The highest BCUT2D eigenvalue weighted by Gasteiger charge is 2.10. The molecule has 0 saturated heterocycles. The van der Waals surface area contributed by atoms with Crippen LogP contribution in [0.1, 0.15) is 11.1 Å². The number of halogens is 2. The zero-order valence-electron chi connectivity index (χ0n) is 11.7. The Morgan fingerprint density at radius 2 is 1.55 bits per heavy atom. The first kappa shape index (κ1) is 15.2. The van der Waals surface area contributed by atoms with Crippen molar-refractivity contribution in [3.8, 4) is 5.75 Å². The molecule has 3 aromatic carbocycles. The summed E-state index contributed by atoms with van der Waals surface area (Å²) in [7, 11) is 0. The van der Waals surface area contributed by atoms with Crippen LogP contribution in [0.5, 0.6) is 5.75 Å². The number of hydrogen-bond acceptors (Lipinski definition) is 2. The van der Waals surface area contributed by atoms with Gasteiger partial charge in [0.1, 0.15) is 12.4 Å². The van der Waals surface area contributed by atoms with Crippen molar-refractivity contribution in [2.24, 2.45) is 0 Å². The van der Waals surface area contributed by atoms with E-state index in [9.17, 15) is 5.11 Å². The summed E-state index contributed by atoms with van der Waals surface area (Å²) in [6.07, 6.45) is 0. The zero-order valence-corrected chi connectivity index (χ0v) is 13.2. The molecule has 0 saturated carbocycles. The van der Waals surface area contributed by atoms with Crippen LogP contribution in [0, 0.1) is 0 Å². The van der Waals surface area contributed by atoms with Crippen LogP contribution in [0.25, 0.3) is 10.8 Å². The van der Waals surface area contributed by atoms with E-state index in [4.69, 9.17) is 27.9 Å². The van der Waals surface area contributed by atoms with Gasteiger partial charge in [-0.2, -0.15) is 0 Å². The third kappa shape index (κ3) is 2.91. The second-order valence-corrected chi connectivity index (χ2v) is 5.72. The Balaban J connectivity index is 1.94. The smallest absolute Gasteiger partial charge is 0.125 e. The summed E-state index contributed by atoms with van der Waals surface area (Å²) in [5.74, 6) is 0.636. The number of benzene rings is 3. The molecule has 2 nitrogen and oxygen atoms in total. The van der Waals surface area contributed by atoms with Crippen LogP contribution < -0.4 is 4.74 Å². The fraction of sp³-hybridized carbons (Fsp3) is 0.111. The van der Waals surface area contributed by atoms with Gasteiger partial charge in [0.25, 0.3) is 0 Å². The van der Waals surface area contributed by atoms with Crippen LogP contribution in [-0.4, -0.2) is 5.11 Å². The van der Waals surface area contributed by atoms with Crippen molar-refractivity contribution in [3.05, 3.63) is 75.8 Å². The first-order valence-electron chi connectivity index (χ1n) is 6.88. The summed E-state index contributed by atoms with van der Waals surface area (Å²) in [5.41, 5.74) is 1.50. The van der Waals surface area contributed by atoms with E-state index in [1.807, 2.05) is 36.4 Å². The quantitative estimate of drug-likeness (QED) is 0.709. The Hall–Kier alpha value is -1.74. The minimum absolute atomic E-state index is 0.0903. The van der Waals surface area contributed by atoms with Gasteiger partial charge < -0.3 is 9.84 Å². The Kier molecular flexibility index (Phi) is 4.53. The molecule has 0 unspecified atom stereocenters. The van der Waals surface area contributed by atoms with Gasteiger partial charge in [0, 0.05) is 21.2 Å². The third-order valence-corrected chi connectivity index (χ3v) is 4.30. The maximum atomic E-state index is 9.69. The maximum absolute atomic E-state index is 9.69. The molecule has 112 valence electrons. The molecular formula is C18H14Cl2O2. The van der Waals surface area contributed by atoms with E-state index < -0.39 is 0 Å². The molecule has 0 aromatic heterocycles. The van der Waals surface area contributed by atoms with Gasteiger partial charge in [0.2, 0.25) is 0 Å². The van der Waals surface area contributed by atoms with Crippen LogP contribution in [-0.2, 0) is 13.2 Å². The lowest BCUT2D eigenvalue weighted by molar-refractivity contribution is 0.261. The average molecular weight is 333 g/mol. The first-order valence-corrected chi connectivity index (χ1v) is 7.63. The molecule has 22 heavy (non-hydrogen) atoms. The fourth-order valence-electron chi connectivity index (χ4n) is 2.43. The van der Waals surface area contributed by atoms with E-state index in [-0.39, 0.29) is 13.2 Å². The van der Waals surface area contributed by atoms with Crippen molar-refractivity contribution in [1.29, 1.82) is 0 Å². The normalized spacial score (nSPS) is 10.9. The number of fused-ring (bicyclic) bond motifs is 1. The summed E-state index contributed by atoms with van der Waals surface area (Å²) in [6, 6.07) is 17.1. The SMILES string of the molecule is OCc1c(OCc2c(Cl)cccc2Cl)ccc2ccccc12. The van der Waals surface area contributed by atoms with E-state index in [2.05, 4.69) is 0 Å². The zero-order chi connectivity index (χ0) is 15.5. The average Bonchev–Trinajstić information content (AvgIpc) is 2.54. The monoisotopic (exact) mass is 332 g/mol. The molecule has 1 N–H and O–H groups in total. The second-order valence-electron chi connectivity index (χ2n) is 4.91. The number of hydrogen-bond donors (Lipinski definition) is 1. The van der Waals surface area contributed by atoms with E-state index in [1.165, 1.54) is 0 Å². The fourth-order valence-corrected chi connectivity index (χ4v) is 2.94. The second kappa shape index (κ2) is 6.57. The molecule has 0 heterocycles. The molecule has 0 bridgehead atoms. The van der Waals surface area contributed by atoms with Crippen molar-refractivity contribution in [2.75, 3.05) is 0 Å². The topological polar surface area (TPSA) is 29.5 Å². The molecule has 0 amide bonds. The van der Waals surface area contributed by atoms with Crippen molar-refractivity contribution in [3.63, 3.8) is 0 Å². The summed E-state index contributed by atoms with van der Waals surface area (Å²) < 4.78 is 5.85. The van der Waals surface area contributed by atoms with Crippen LogP contribution in [0.4, 0.5) is 0 Å². The lowest BCUT2D eigenvalue weighted by atomic mass is 10.0. The van der Waals surface area contributed by atoms with Gasteiger partial charge in [-0.05, 0) is 29.0 Å². The predicted octanol–water partition coefficient (Wildman–Crippen LogP) is 5.22. The number of aliphatic hydroxyl groups is 1. The molecule has 3 aromatic rings. The van der Waals surface area contributed by atoms with Gasteiger partial charge in [-0.3, -0.25) is 0 Å². The molecule has 0 aliphatic rings. The van der Waals surface area contributed by atoms with Crippen LogP contribution in [0.3, 0.4) is 0 Å². The van der Waals surface area contributed by atoms with Crippen molar-refractivity contribution >= 4 is 34.0 Å². The minimum Gasteiger partial charge on any atom is -0.488 e. The molecular weight excluding hydrogens is 319 g/mol. The lowest BCUT2D eigenvalue weighted by Gasteiger charge is -2.14. The molecule has 0 radical (unpaired) electrons. The van der Waals surface area contributed by atoms with E-state index >= 15 is 0 Å². The summed E-state index contributed by atoms with van der Waals surface area (Å²) in [5, 5.41) is 12.9. The van der Waals surface area contributed by atoms with E-state index in [0.29, 0.717) is 15.8 Å². The van der Waals surface area contributed by atoms with Crippen molar-refractivity contribution in [2.45, 2.75) is 13.2 Å². The highest BCUT2D eigenvalue weighted by molar-refractivity contribution is 6.35. The van der Waals surface area contributed by atoms with Crippen molar-refractivity contribution < 1.29 is 9.84 Å². The molecule has 0 spiro atoms. The van der Waals surface area contributed by atoms with Crippen LogP contribution in [0.2, 0.25) is 10.0 Å². The third-order valence-electron chi connectivity index (χ3n) is 3.59. The van der Waals surface area contributed by atoms with E-state index in [1.54, 1.807) is 18.2 Å². The molecule has 0 aliphatic carbocycles. The van der Waals surface area contributed by atoms with Gasteiger partial charge in [0.15, 0.2) is 0 Å². The van der Waals surface area contributed by atoms with E-state index in [0.717, 1.165) is 21.9 Å². The van der Waals surface area contributed by atoms with Gasteiger partial charge in [-0.25, -0.2) is 0 Å². The minimum atomic E-state index is -0.0903. The Morgan fingerprint density at radius 3 is 2.27 bits per heavy atom. The summed E-state index contributed by atoms with van der Waals surface area (Å²) in [6.45, 7) is 0.163. The Morgan fingerprint density at radius 1 is 0.818 bits per heavy atom. The van der Waals surface area contributed by atoms with Crippen LogP contribution >= 0.6 is 23.2 Å². The Labute approximate surface area is 138 Å². The first-order chi connectivity index (χ1) is 10.7. The van der Waals surface area contributed by atoms with Crippen molar-refractivity contribution in [1.82, 2.24) is 0 Å². The molecule has 0 atom stereocenters. The van der Waals surface area contributed by atoms with Gasteiger partial charge in [-0.1, -0.05) is 59.6 Å². The van der Waals surface area contributed by atoms with Crippen LogP contribution in [0.15, 0.2) is 54.6 Å². The number of ether oxygens (including phenoxy) is 1.